The summed E-state index contributed by atoms with van der Waals surface area (Å²) in [6.07, 6.45) is -0.575. The number of primary amides is 1. The van der Waals surface area contributed by atoms with E-state index in [1.165, 1.54) is 17.0 Å². The van der Waals surface area contributed by atoms with E-state index in [-0.39, 0.29) is 12.5 Å². The van der Waals surface area contributed by atoms with Crippen LogP contribution in [0.5, 0.6) is 0 Å². The third-order valence-electron chi connectivity index (χ3n) is 2.30. The Labute approximate surface area is 99.8 Å². The van der Waals surface area contributed by atoms with E-state index >= 15 is 0 Å². The fraction of sp³-hybridized carbons (Fsp3) is 0.333. The van der Waals surface area contributed by atoms with E-state index in [4.69, 9.17) is 5.73 Å². The number of benzene rings is 1. The maximum Gasteiger partial charge on any atom is 0.253 e. The highest BCUT2D eigenvalue weighted by atomic mass is 16.3. The molecule has 0 aliphatic carbocycles. The topological polar surface area (TPSA) is 83.6 Å². The predicted molar refractivity (Wildman–Crippen MR) is 63.6 cm³/mol. The Morgan fingerprint density at radius 2 is 1.76 bits per heavy atom. The number of aliphatic hydroxyl groups is 1. The van der Waals surface area contributed by atoms with Gasteiger partial charge in [-0.1, -0.05) is 0 Å². The molecule has 0 aliphatic rings. The average molecular weight is 236 g/mol. The van der Waals surface area contributed by atoms with E-state index in [1.54, 1.807) is 26.1 Å². The largest absolute Gasteiger partial charge is 0.392 e. The minimum atomic E-state index is -0.575. The molecular weight excluding hydrogens is 220 g/mol. The molecule has 0 radical (unpaired) electrons. The minimum Gasteiger partial charge on any atom is -0.392 e. The molecule has 0 saturated heterocycles. The fourth-order valence-electron chi connectivity index (χ4n) is 1.48. The number of rotatable bonds is 4. The zero-order valence-electron chi connectivity index (χ0n) is 9.88. The van der Waals surface area contributed by atoms with Crippen LogP contribution in [0.25, 0.3) is 0 Å². The first-order chi connectivity index (χ1) is 7.91. The number of carbonyl (C=O) groups excluding carboxylic acids is 2. The molecule has 1 atom stereocenters. The number of nitrogens with zero attached hydrogens (tertiary/aromatic N) is 1. The highest BCUT2D eigenvalue weighted by Crippen LogP contribution is 2.07. The molecule has 1 aromatic rings. The van der Waals surface area contributed by atoms with Gasteiger partial charge in [-0.3, -0.25) is 9.59 Å². The van der Waals surface area contributed by atoms with Gasteiger partial charge in [0.2, 0.25) is 5.91 Å². The van der Waals surface area contributed by atoms with Gasteiger partial charge in [0, 0.05) is 24.7 Å². The van der Waals surface area contributed by atoms with Gasteiger partial charge in [-0.2, -0.15) is 0 Å². The van der Waals surface area contributed by atoms with Gasteiger partial charge in [0.15, 0.2) is 0 Å². The molecule has 1 rings (SSSR count). The molecule has 92 valence electrons. The van der Waals surface area contributed by atoms with E-state index < -0.39 is 12.0 Å². The van der Waals surface area contributed by atoms with Gasteiger partial charge >= 0.3 is 0 Å². The molecule has 0 fully saturated rings. The van der Waals surface area contributed by atoms with Crippen molar-refractivity contribution in [2.45, 2.75) is 13.0 Å². The summed E-state index contributed by atoms with van der Waals surface area (Å²) in [5, 5.41) is 9.18. The standard InChI is InChI=1S/C12H16N2O3/c1-8(15)7-14(2)12(17)10-5-3-9(4-6-10)11(13)16/h3-6,8,15H,7H2,1-2H3,(H2,13,16). The number of hydrogen-bond acceptors (Lipinski definition) is 3. The molecule has 0 aliphatic heterocycles. The van der Waals surface area contributed by atoms with Crippen LogP contribution in [-0.4, -0.2) is 41.5 Å². The number of hydrogen-bond donors (Lipinski definition) is 2. The van der Waals surface area contributed by atoms with Crippen LogP contribution in [0.2, 0.25) is 0 Å². The van der Waals surface area contributed by atoms with Crippen LogP contribution in [0.3, 0.4) is 0 Å². The summed E-state index contributed by atoms with van der Waals surface area (Å²) in [4.78, 5) is 24.1. The van der Waals surface area contributed by atoms with Crippen molar-refractivity contribution in [3.05, 3.63) is 35.4 Å². The Morgan fingerprint density at radius 1 is 1.29 bits per heavy atom. The summed E-state index contributed by atoms with van der Waals surface area (Å²) in [5.74, 6) is -0.733. The quantitative estimate of drug-likeness (QED) is 0.785. The molecule has 3 N–H and O–H groups in total. The monoisotopic (exact) mass is 236 g/mol. The maximum atomic E-state index is 11.9. The third-order valence-corrected chi connectivity index (χ3v) is 2.30. The second-order valence-corrected chi connectivity index (χ2v) is 3.98. The molecule has 0 aromatic heterocycles. The van der Waals surface area contributed by atoms with Crippen LogP contribution in [0.15, 0.2) is 24.3 Å². The van der Waals surface area contributed by atoms with Crippen LogP contribution in [-0.2, 0) is 0 Å². The number of aliphatic hydroxyl groups excluding tert-OH is 1. The Morgan fingerprint density at radius 3 is 2.18 bits per heavy atom. The predicted octanol–water partition coefficient (Wildman–Crippen LogP) is 0.238. The molecule has 0 saturated carbocycles. The van der Waals surface area contributed by atoms with Crippen molar-refractivity contribution in [3.63, 3.8) is 0 Å². The highest BCUT2D eigenvalue weighted by Gasteiger charge is 2.13. The lowest BCUT2D eigenvalue weighted by Crippen LogP contribution is -2.33. The number of amides is 2. The molecule has 1 unspecified atom stereocenters. The molecule has 1 aromatic carbocycles. The summed E-state index contributed by atoms with van der Waals surface area (Å²) in [7, 11) is 1.61. The first-order valence-electron chi connectivity index (χ1n) is 5.25. The van der Waals surface area contributed by atoms with Crippen LogP contribution in [0.1, 0.15) is 27.6 Å². The van der Waals surface area contributed by atoms with E-state index in [2.05, 4.69) is 0 Å². The van der Waals surface area contributed by atoms with Crippen molar-refractivity contribution in [2.24, 2.45) is 5.73 Å². The minimum absolute atomic E-state index is 0.207. The number of nitrogens with two attached hydrogens (primary N) is 1. The Bertz CT molecular complexity index is 412. The summed E-state index contributed by atoms with van der Waals surface area (Å²) in [6.45, 7) is 1.87. The average Bonchev–Trinajstić information content (AvgIpc) is 2.27. The highest BCUT2D eigenvalue weighted by molar-refractivity contribution is 5.97. The normalized spacial score (nSPS) is 11.9. The smallest absolute Gasteiger partial charge is 0.253 e. The number of carbonyl (C=O) groups is 2. The second-order valence-electron chi connectivity index (χ2n) is 3.98. The Hall–Kier alpha value is -1.88. The lowest BCUT2D eigenvalue weighted by atomic mass is 10.1. The number of likely N-dealkylation sites (N-methyl/N-ethyl adjacent to an activating group) is 1. The lowest BCUT2D eigenvalue weighted by molar-refractivity contribution is 0.0703. The lowest BCUT2D eigenvalue weighted by Gasteiger charge is -2.18. The second kappa shape index (κ2) is 5.45. The molecule has 2 amide bonds. The summed E-state index contributed by atoms with van der Waals surface area (Å²) >= 11 is 0. The fourth-order valence-corrected chi connectivity index (χ4v) is 1.48. The maximum absolute atomic E-state index is 11.9. The summed E-state index contributed by atoms with van der Waals surface area (Å²) in [6, 6.07) is 6.10. The summed E-state index contributed by atoms with van der Waals surface area (Å²) < 4.78 is 0. The van der Waals surface area contributed by atoms with Crippen LogP contribution < -0.4 is 5.73 Å². The van der Waals surface area contributed by atoms with E-state index in [1.807, 2.05) is 0 Å². The third kappa shape index (κ3) is 3.57. The van der Waals surface area contributed by atoms with Gasteiger partial charge in [0.25, 0.3) is 5.91 Å². The van der Waals surface area contributed by atoms with E-state index in [0.717, 1.165) is 0 Å². The van der Waals surface area contributed by atoms with Crippen molar-refractivity contribution >= 4 is 11.8 Å². The van der Waals surface area contributed by atoms with E-state index in [9.17, 15) is 14.7 Å². The van der Waals surface area contributed by atoms with Gasteiger partial charge in [0.1, 0.15) is 0 Å². The van der Waals surface area contributed by atoms with Crippen molar-refractivity contribution in [3.8, 4) is 0 Å². The van der Waals surface area contributed by atoms with Gasteiger partial charge in [-0.15, -0.1) is 0 Å². The molecule has 5 nitrogen and oxygen atoms in total. The van der Waals surface area contributed by atoms with Crippen molar-refractivity contribution in [2.75, 3.05) is 13.6 Å². The van der Waals surface area contributed by atoms with Crippen LogP contribution >= 0.6 is 0 Å². The molecule has 17 heavy (non-hydrogen) atoms. The van der Waals surface area contributed by atoms with Crippen molar-refractivity contribution in [1.82, 2.24) is 4.90 Å². The van der Waals surface area contributed by atoms with Crippen molar-refractivity contribution in [1.29, 1.82) is 0 Å². The summed E-state index contributed by atoms with van der Waals surface area (Å²) in [5.41, 5.74) is 5.92. The first-order valence-corrected chi connectivity index (χ1v) is 5.25. The van der Waals surface area contributed by atoms with Crippen LogP contribution in [0.4, 0.5) is 0 Å². The zero-order chi connectivity index (χ0) is 13.0. The van der Waals surface area contributed by atoms with Gasteiger partial charge in [-0.25, -0.2) is 0 Å². The van der Waals surface area contributed by atoms with Gasteiger partial charge in [-0.05, 0) is 31.2 Å². The zero-order valence-corrected chi connectivity index (χ0v) is 9.88. The Kier molecular flexibility index (Phi) is 4.23. The molecule has 5 heteroatoms. The van der Waals surface area contributed by atoms with E-state index in [0.29, 0.717) is 11.1 Å². The first kappa shape index (κ1) is 13.2. The molecular formula is C12H16N2O3. The molecule has 0 spiro atoms. The Balaban J connectivity index is 2.79. The molecule has 0 heterocycles. The van der Waals surface area contributed by atoms with Crippen LogP contribution in [0, 0.1) is 0 Å². The van der Waals surface area contributed by atoms with Gasteiger partial charge < -0.3 is 15.7 Å². The van der Waals surface area contributed by atoms with Crippen molar-refractivity contribution < 1.29 is 14.7 Å². The molecule has 0 bridgehead atoms. The van der Waals surface area contributed by atoms with Gasteiger partial charge in [0.05, 0.1) is 6.10 Å². The SMILES string of the molecule is CC(O)CN(C)C(=O)c1ccc(C(N)=O)cc1.